The van der Waals surface area contributed by atoms with Crippen LogP contribution < -0.4 is 5.32 Å². The number of carbonyl (C=O) groups excluding carboxylic acids is 2. The largest absolute Gasteiger partial charge is 0.452 e. The van der Waals surface area contributed by atoms with Crippen molar-refractivity contribution in [2.45, 2.75) is 13.5 Å². The van der Waals surface area contributed by atoms with Crippen LogP contribution in [0.3, 0.4) is 0 Å². The Balaban J connectivity index is 1.82. The van der Waals surface area contributed by atoms with Gasteiger partial charge in [0.05, 0.1) is 6.20 Å². The second-order valence-electron chi connectivity index (χ2n) is 4.71. The number of benzene rings is 1. The van der Waals surface area contributed by atoms with Gasteiger partial charge in [-0.3, -0.25) is 9.48 Å². The van der Waals surface area contributed by atoms with Gasteiger partial charge >= 0.3 is 5.97 Å². The van der Waals surface area contributed by atoms with Gasteiger partial charge in [0.15, 0.2) is 6.61 Å². The minimum absolute atomic E-state index is 0.0367. The third-order valence-corrected chi connectivity index (χ3v) is 3.22. The summed E-state index contributed by atoms with van der Waals surface area (Å²) in [6, 6.07) is 6.13. The lowest BCUT2D eigenvalue weighted by Crippen LogP contribution is -2.28. The van der Waals surface area contributed by atoms with Gasteiger partial charge in [0, 0.05) is 24.8 Å². The molecule has 22 heavy (non-hydrogen) atoms. The number of nitrogens with one attached hydrogen (secondary N) is 1. The summed E-state index contributed by atoms with van der Waals surface area (Å²) >= 11 is 0. The molecule has 0 aliphatic carbocycles. The predicted molar refractivity (Wildman–Crippen MR) is 76.5 cm³/mol. The average Bonchev–Trinajstić information content (AvgIpc) is 2.84. The van der Waals surface area contributed by atoms with Crippen LogP contribution in [0.15, 0.2) is 30.5 Å². The molecule has 1 N–H and O–H groups in total. The summed E-state index contributed by atoms with van der Waals surface area (Å²) in [4.78, 5) is 23.4. The summed E-state index contributed by atoms with van der Waals surface area (Å²) in [7, 11) is 1.70. The lowest BCUT2D eigenvalue weighted by atomic mass is 10.2. The maximum atomic E-state index is 13.4. The fraction of sp³-hybridized carbons (Fsp3) is 0.267. The number of hydrogen-bond acceptors (Lipinski definition) is 4. The SMILES string of the molecule is Cc1c(C(=O)OCC(=O)NCc2ccccc2F)cnn1C. The molecule has 6 nitrogen and oxygen atoms in total. The molecule has 1 amide bonds. The molecule has 1 heterocycles. The molecule has 116 valence electrons. The van der Waals surface area contributed by atoms with Crippen LogP contribution in [0.4, 0.5) is 4.39 Å². The Morgan fingerprint density at radius 2 is 2.09 bits per heavy atom. The molecule has 0 aliphatic rings. The summed E-state index contributed by atoms with van der Waals surface area (Å²) in [6.45, 7) is 1.33. The van der Waals surface area contributed by atoms with E-state index in [1.54, 1.807) is 32.2 Å². The van der Waals surface area contributed by atoms with Crippen molar-refractivity contribution in [1.82, 2.24) is 15.1 Å². The minimum Gasteiger partial charge on any atom is -0.452 e. The maximum absolute atomic E-state index is 13.4. The number of ether oxygens (including phenoxy) is 1. The van der Waals surface area contributed by atoms with Crippen molar-refractivity contribution in [3.8, 4) is 0 Å². The molecule has 7 heteroatoms. The van der Waals surface area contributed by atoms with Gasteiger partial charge in [-0.2, -0.15) is 5.10 Å². The molecule has 2 aromatic rings. The van der Waals surface area contributed by atoms with Crippen molar-refractivity contribution in [2.75, 3.05) is 6.61 Å². The van der Waals surface area contributed by atoms with Crippen LogP contribution in [0.1, 0.15) is 21.6 Å². The first-order valence-electron chi connectivity index (χ1n) is 6.65. The first kappa shape index (κ1) is 15.7. The molecular weight excluding hydrogens is 289 g/mol. The molecule has 2 rings (SSSR count). The van der Waals surface area contributed by atoms with Gasteiger partial charge in [0.1, 0.15) is 11.4 Å². The molecule has 1 aromatic carbocycles. The zero-order valence-corrected chi connectivity index (χ0v) is 12.3. The van der Waals surface area contributed by atoms with Gasteiger partial charge in [0.2, 0.25) is 0 Å². The normalized spacial score (nSPS) is 10.3. The Hall–Kier alpha value is -2.70. The first-order valence-corrected chi connectivity index (χ1v) is 6.65. The van der Waals surface area contributed by atoms with E-state index < -0.39 is 24.3 Å². The van der Waals surface area contributed by atoms with Crippen molar-refractivity contribution in [3.05, 3.63) is 53.1 Å². The lowest BCUT2D eigenvalue weighted by Gasteiger charge is -2.07. The number of aryl methyl sites for hydroxylation is 1. The van der Waals surface area contributed by atoms with E-state index in [9.17, 15) is 14.0 Å². The Morgan fingerprint density at radius 3 is 2.73 bits per heavy atom. The van der Waals surface area contributed by atoms with E-state index in [4.69, 9.17) is 4.74 Å². The first-order chi connectivity index (χ1) is 10.5. The lowest BCUT2D eigenvalue weighted by molar-refractivity contribution is -0.124. The zero-order chi connectivity index (χ0) is 16.1. The Labute approximate surface area is 126 Å². The topological polar surface area (TPSA) is 73.2 Å². The molecule has 0 spiro atoms. The number of esters is 1. The highest BCUT2D eigenvalue weighted by Gasteiger charge is 2.15. The summed E-state index contributed by atoms with van der Waals surface area (Å²) < 4.78 is 19.8. The minimum atomic E-state index is -0.619. The van der Waals surface area contributed by atoms with E-state index in [-0.39, 0.29) is 6.54 Å². The number of halogens is 1. The second-order valence-corrected chi connectivity index (χ2v) is 4.71. The van der Waals surface area contributed by atoms with Crippen LogP contribution in [0, 0.1) is 12.7 Å². The van der Waals surface area contributed by atoms with E-state index in [2.05, 4.69) is 10.4 Å². The van der Waals surface area contributed by atoms with E-state index >= 15 is 0 Å². The van der Waals surface area contributed by atoms with E-state index in [1.807, 2.05) is 0 Å². The fourth-order valence-corrected chi connectivity index (χ4v) is 1.79. The van der Waals surface area contributed by atoms with Crippen molar-refractivity contribution >= 4 is 11.9 Å². The molecule has 0 radical (unpaired) electrons. The van der Waals surface area contributed by atoms with Gasteiger partial charge in [-0.05, 0) is 13.0 Å². The summed E-state index contributed by atoms with van der Waals surface area (Å²) in [5.41, 5.74) is 1.33. The maximum Gasteiger partial charge on any atom is 0.342 e. The van der Waals surface area contributed by atoms with Crippen LogP contribution in [0.2, 0.25) is 0 Å². The van der Waals surface area contributed by atoms with Gasteiger partial charge < -0.3 is 10.1 Å². The van der Waals surface area contributed by atoms with Crippen LogP contribution in [0.5, 0.6) is 0 Å². The van der Waals surface area contributed by atoms with E-state index in [0.717, 1.165) is 0 Å². The average molecular weight is 305 g/mol. The number of nitrogens with zero attached hydrogens (tertiary/aromatic N) is 2. The van der Waals surface area contributed by atoms with Crippen molar-refractivity contribution < 1.29 is 18.7 Å². The monoisotopic (exact) mass is 305 g/mol. The third kappa shape index (κ3) is 3.69. The highest BCUT2D eigenvalue weighted by atomic mass is 19.1. The molecule has 0 atom stereocenters. The van der Waals surface area contributed by atoms with Gasteiger partial charge in [-0.15, -0.1) is 0 Å². The van der Waals surface area contributed by atoms with Crippen molar-refractivity contribution in [3.63, 3.8) is 0 Å². The van der Waals surface area contributed by atoms with Crippen LogP contribution in [0.25, 0.3) is 0 Å². The summed E-state index contributed by atoms with van der Waals surface area (Å²) in [5, 5.41) is 6.41. The molecular formula is C15H16FN3O3. The molecule has 0 unspecified atom stereocenters. The summed E-state index contributed by atoms with van der Waals surface area (Å²) in [5.74, 6) is -1.52. The number of hydrogen-bond donors (Lipinski definition) is 1. The predicted octanol–water partition coefficient (Wildman–Crippen LogP) is 1.34. The van der Waals surface area contributed by atoms with Crippen LogP contribution in [-0.2, 0) is 23.1 Å². The van der Waals surface area contributed by atoms with Gasteiger partial charge in [-0.25, -0.2) is 9.18 Å². The Kier molecular flexibility index (Phi) is 4.88. The molecule has 0 bridgehead atoms. The van der Waals surface area contributed by atoms with Crippen LogP contribution >= 0.6 is 0 Å². The Morgan fingerprint density at radius 1 is 1.36 bits per heavy atom. The molecule has 0 aliphatic heterocycles. The number of carbonyl (C=O) groups is 2. The molecule has 0 fully saturated rings. The second kappa shape index (κ2) is 6.84. The van der Waals surface area contributed by atoms with Crippen molar-refractivity contribution in [1.29, 1.82) is 0 Å². The number of aromatic nitrogens is 2. The molecule has 1 aromatic heterocycles. The smallest absolute Gasteiger partial charge is 0.342 e. The highest BCUT2D eigenvalue weighted by molar-refractivity contribution is 5.92. The highest BCUT2D eigenvalue weighted by Crippen LogP contribution is 2.07. The fourth-order valence-electron chi connectivity index (χ4n) is 1.79. The number of amides is 1. The Bertz CT molecular complexity index is 697. The third-order valence-electron chi connectivity index (χ3n) is 3.22. The van der Waals surface area contributed by atoms with Crippen LogP contribution in [-0.4, -0.2) is 28.3 Å². The summed E-state index contributed by atoms with van der Waals surface area (Å²) in [6.07, 6.45) is 1.38. The van der Waals surface area contributed by atoms with E-state index in [1.165, 1.54) is 16.9 Å². The van der Waals surface area contributed by atoms with Crippen molar-refractivity contribution in [2.24, 2.45) is 7.05 Å². The molecule has 0 saturated carbocycles. The van der Waals surface area contributed by atoms with E-state index in [0.29, 0.717) is 16.8 Å². The van der Waals surface area contributed by atoms with Gasteiger partial charge in [0.25, 0.3) is 5.91 Å². The van der Waals surface area contributed by atoms with Gasteiger partial charge in [-0.1, -0.05) is 18.2 Å². The zero-order valence-electron chi connectivity index (χ0n) is 12.3. The molecule has 0 saturated heterocycles. The quantitative estimate of drug-likeness (QED) is 0.846. The number of rotatable bonds is 5. The standard InChI is InChI=1S/C15H16FN3O3/c1-10-12(8-18-19(10)2)15(21)22-9-14(20)17-7-11-5-3-4-6-13(11)16/h3-6,8H,7,9H2,1-2H3,(H,17,20).